The zero-order chi connectivity index (χ0) is 17.7. The summed E-state index contributed by atoms with van der Waals surface area (Å²) in [7, 11) is 0. The quantitative estimate of drug-likeness (QED) is 0.578. The highest BCUT2D eigenvalue weighted by Crippen LogP contribution is 2.19. The summed E-state index contributed by atoms with van der Waals surface area (Å²) in [5, 5.41) is 17.0. The van der Waals surface area contributed by atoms with Crippen molar-refractivity contribution in [3.05, 3.63) is 60.7 Å². The normalized spacial score (nSPS) is 13.5. The van der Waals surface area contributed by atoms with Crippen LogP contribution in [0.1, 0.15) is 19.1 Å². The topological polar surface area (TPSA) is 79.4 Å². The molecule has 1 unspecified atom stereocenters. The highest BCUT2D eigenvalue weighted by Gasteiger charge is 2.26. The second-order valence-corrected chi connectivity index (χ2v) is 6.28. The largest absolute Gasteiger partial charge is 0.466 e. The Bertz CT molecular complexity index is 821. The summed E-state index contributed by atoms with van der Waals surface area (Å²) in [5.41, 5.74) is -0.0355. The Hall–Kier alpha value is -2.73. The molecule has 2 aromatic heterocycles. The number of hydrogen-bond acceptors (Lipinski definition) is 3. The van der Waals surface area contributed by atoms with Crippen LogP contribution in [-0.2, 0) is 12.1 Å². The summed E-state index contributed by atoms with van der Waals surface area (Å²) in [4.78, 5) is 11.9. The molecule has 1 aromatic carbocycles. The van der Waals surface area contributed by atoms with Gasteiger partial charge < -0.3 is 24.7 Å². The van der Waals surface area contributed by atoms with Crippen molar-refractivity contribution in [3.63, 3.8) is 0 Å². The van der Waals surface area contributed by atoms with Gasteiger partial charge in [0.15, 0.2) is 0 Å². The van der Waals surface area contributed by atoms with Crippen molar-refractivity contribution in [1.82, 2.24) is 15.2 Å². The van der Waals surface area contributed by atoms with E-state index in [2.05, 4.69) is 39.6 Å². The third kappa shape index (κ3) is 4.22. The summed E-state index contributed by atoms with van der Waals surface area (Å²) in [6, 6.07) is 13.4. The minimum Gasteiger partial charge on any atom is -0.466 e. The predicted octanol–water partition coefficient (Wildman–Crippen LogP) is 2.83. The van der Waals surface area contributed by atoms with Gasteiger partial charge in [-0.05, 0) is 43.0 Å². The number of furan rings is 1. The van der Waals surface area contributed by atoms with Gasteiger partial charge in [0.1, 0.15) is 11.4 Å². The molecule has 6 nitrogen and oxygen atoms in total. The van der Waals surface area contributed by atoms with Crippen molar-refractivity contribution in [2.24, 2.45) is 0 Å². The van der Waals surface area contributed by atoms with E-state index in [4.69, 9.17) is 4.42 Å². The van der Waals surface area contributed by atoms with E-state index in [-0.39, 0.29) is 12.6 Å². The highest BCUT2D eigenvalue weighted by molar-refractivity contribution is 5.79. The molecule has 0 bridgehead atoms. The van der Waals surface area contributed by atoms with Crippen LogP contribution in [0, 0.1) is 0 Å². The molecule has 0 radical (unpaired) electrons. The van der Waals surface area contributed by atoms with E-state index < -0.39 is 5.60 Å². The number of aliphatic hydroxyl groups is 1. The van der Waals surface area contributed by atoms with Crippen LogP contribution in [0.4, 0.5) is 4.79 Å². The number of nitrogens with zero attached hydrogens (tertiary/aromatic N) is 1. The Kier molecular flexibility index (Phi) is 5.09. The van der Waals surface area contributed by atoms with Gasteiger partial charge in [0.25, 0.3) is 0 Å². The van der Waals surface area contributed by atoms with Crippen LogP contribution < -0.4 is 10.6 Å². The minimum atomic E-state index is -1.23. The van der Waals surface area contributed by atoms with Crippen molar-refractivity contribution in [1.29, 1.82) is 0 Å². The molecule has 0 aliphatic heterocycles. The monoisotopic (exact) mass is 341 g/mol. The standard InChI is InChI=1S/C19H23N3O3/c1-19(24,17-8-4-13-25-17)14-21-18(23)20-10-5-11-22-12-9-15-6-2-3-7-16(15)22/h2-4,6-9,12-13,24H,5,10-11,14H2,1H3,(H2,20,21,23). The first kappa shape index (κ1) is 17.1. The van der Waals surface area contributed by atoms with Gasteiger partial charge in [-0.2, -0.15) is 0 Å². The minimum absolute atomic E-state index is 0.0780. The molecule has 3 rings (SSSR count). The van der Waals surface area contributed by atoms with E-state index in [1.54, 1.807) is 19.1 Å². The number of aromatic nitrogens is 1. The molecule has 3 N–H and O–H groups in total. The lowest BCUT2D eigenvalue weighted by Gasteiger charge is -2.21. The Morgan fingerprint density at radius 2 is 2.04 bits per heavy atom. The molecule has 2 amide bonds. The van der Waals surface area contributed by atoms with Gasteiger partial charge in [0.2, 0.25) is 0 Å². The first-order valence-corrected chi connectivity index (χ1v) is 8.38. The number of rotatable bonds is 7. The molecule has 132 valence electrons. The SMILES string of the molecule is CC(O)(CNC(=O)NCCCn1ccc2ccccc21)c1ccco1. The lowest BCUT2D eigenvalue weighted by Crippen LogP contribution is -2.43. The average Bonchev–Trinajstić information content (AvgIpc) is 3.27. The smallest absolute Gasteiger partial charge is 0.314 e. The van der Waals surface area contributed by atoms with Crippen LogP contribution in [-0.4, -0.2) is 28.8 Å². The maximum Gasteiger partial charge on any atom is 0.314 e. The number of carbonyl (C=O) groups is 1. The van der Waals surface area contributed by atoms with Crippen LogP contribution in [0.2, 0.25) is 0 Å². The average molecular weight is 341 g/mol. The fraction of sp³-hybridized carbons (Fsp3) is 0.316. The van der Waals surface area contributed by atoms with E-state index in [0.717, 1.165) is 13.0 Å². The summed E-state index contributed by atoms with van der Waals surface area (Å²) in [6.45, 7) is 3.07. The van der Waals surface area contributed by atoms with Crippen LogP contribution >= 0.6 is 0 Å². The molecule has 6 heteroatoms. The number of carbonyl (C=O) groups excluding carboxylic acids is 1. The molecule has 2 heterocycles. The van der Waals surface area contributed by atoms with E-state index in [1.165, 1.54) is 17.2 Å². The second-order valence-electron chi connectivity index (χ2n) is 6.28. The molecule has 0 saturated carbocycles. The van der Waals surface area contributed by atoms with Gasteiger partial charge in [-0.3, -0.25) is 0 Å². The number of aryl methyl sites for hydroxylation is 1. The van der Waals surface area contributed by atoms with Crippen molar-refractivity contribution >= 4 is 16.9 Å². The summed E-state index contributed by atoms with van der Waals surface area (Å²) in [6.07, 6.45) is 4.38. The molecule has 0 aliphatic rings. The lowest BCUT2D eigenvalue weighted by molar-refractivity contribution is 0.0367. The second kappa shape index (κ2) is 7.44. The third-order valence-electron chi connectivity index (χ3n) is 4.19. The van der Waals surface area contributed by atoms with Crippen LogP contribution in [0.15, 0.2) is 59.3 Å². The maximum absolute atomic E-state index is 11.9. The highest BCUT2D eigenvalue weighted by atomic mass is 16.4. The van der Waals surface area contributed by atoms with Crippen LogP contribution in [0.5, 0.6) is 0 Å². The third-order valence-corrected chi connectivity index (χ3v) is 4.19. The van der Waals surface area contributed by atoms with Gasteiger partial charge >= 0.3 is 6.03 Å². The predicted molar refractivity (Wildman–Crippen MR) is 96.2 cm³/mol. The number of nitrogens with one attached hydrogen (secondary N) is 2. The molecule has 0 aliphatic carbocycles. The number of fused-ring (bicyclic) bond motifs is 1. The van der Waals surface area contributed by atoms with E-state index in [1.807, 2.05) is 12.1 Å². The Labute approximate surface area is 146 Å². The van der Waals surface area contributed by atoms with Crippen LogP contribution in [0.25, 0.3) is 10.9 Å². The van der Waals surface area contributed by atoms with Gasteiger partial charge in [0.05, 0.1) is 12.8 Å². The zero-order valence-corrected chi connectivity index (χ0v) is 14.2. The van der Waals surface area contributed by atoms with Crippen LogP contribution in [0.3, 0.4) is 0 Å². The molecule has 0 spiro atoms. The van der Waals surface area contributed by atoms with Gasteiger partial charge in [-0.1, -0.05) is 18.2 Å². The first-order chi connectivity index (χ1) is 12.1. The summed E-state index contributed by atoms with van der Waals surface area (Å²) in [5.74, 6) is 0.423. The molecular weight excluding hydrogens is 318 g/mol. The number of benzene rings is 1. The Morgan fingerprint density at radius 3 is 2.84 bits per heavy atom. The van der Waals surface area contributed by atoms with E-state index >= 15 is 0 Å². The van der Waals surface area contributed by atoms with E-state index in [9.17, 15) is 9.90 Å². The van der Waals surface area contributed by atoms with Crippen molar-refractivity contribution in [2.75, 3.05) is 13.1 Å². The number of para-hydroxylation sites is 1. The van der Waals surface area contributed by atoms with Gasteiger partial charge in [0, 0.05) is 24.8 Å². The maximum atomic E-state index is 11.9. The summed E-state index contributed by atoms with van der Waals surface area (Å²) >= 11 is 0. The molecule has 0 fully saturated rings. The summed E-state index contributed by atoms with van der Waals surface area (Å²) < 4.78 is 7.36. The molecule has 0 saturated heterocycles. The fourth-order valence-electron chi connectivity index (χ4n) is 2.77. The van der Waals surface area contributed by atoms with E-state index in [0.29, 0.717) is 12.3 Å². The van der Waals surface area contributed by atoms with Gasteiger partial charge in [-0.15, -0.1) is 0 Å². The number of hydrogen-bond donors (Lipinski definition) is 3. The molecule has 1 atom stereocenters. The fourth-order valence-corrected chi connectivity index (χ4v) is 2.77. The Balaban J connectivity index is 1.39. The van der Waals surface area contributed by atoms with Crippen molar-refractivity contribution in [3.8, 4) is 0 Å². The molecule has 25 heavy (non-hydrogen) atoms. The number of amides is 2. The molecule has 3 aromatic rings. The van der Waals surface area contributed by atoms with Gasteiger partial charge in [-0.25, -0.2) is 4.79 Å². The van der Waals surface area contributed by atoms with Crippen molar-refractivity contribution in [2.45, 2.75) is 25.5 Å². The number of urea groups is 1. The van der Waals surface area contributed by atoms with Crippen molar-refractivity contribution < 1.29 is 14.3 Å². The lowest BCUT2D eigenvalue weighted by atomic mass is 10.0. The first-order valence-electron chi connectivity index (χ1n) is 8.38. The Morgan fingerprint density at radius 1 is 1.20 bits per heavy atom. The zero-order valence-electron chi connectivity index (χ0n) is 14.2. The molecular formula is C19H23N3O3.